The standard InChI is InChI=1S/C27H31N3O2/c1-5-18-10-12-19(13-11-18)21-15-30-23(31)16-29(14-17(2)3)26(32)27(30,4)25-24(21)20-8-6-7-9-22(20)28-25/h6-13,17,21,28H,5,14-16H2,1-4H3/t21-,27-/m0/s1. The van der Waals surface area contributed by atoms with E-state index in [4.69, 9.17) is 0 Å². The van der Waals surface area contributed by atoms with Crippen molar-refractivity contribution in [3.63, 3.8) is 0 Å². The molecule has 0 bridgehead atoms. The Bertz CT molecular complexity index is 1190. The quantitative estimate of drug-likeness (QED) is 0.668. The molecule has 2 aliphatic rings. The van der Waals surface area contributed by atoms with Gasteiger partial charge in [0.15, 0.2) is 5.54 Å². The van der Waals surface area contributed by atoms with Gasteiger partial charge in [0.1, 0.15) is 0 Å². The highest BCUT2D eigenvalue weighted by atomic mass is 16.2. The Morgan fingerprint density at radius 1 is 1.09 bits per heavy atom. The smallest absolute Gasteiger partial charge is 0.254 e. The molecule has 5 nitrogen and oxygen atoms in total. The molecular weight excluding hydrogens is 398 g/mol. The second-order valence-corrected chi connectivity index (χ2v) is 9.76. The van der Waals surface area contributed by atoms with Crippen LogP contribution in [0.3, 0.4) is 0 Å². The number of rotatable bonds is 4. The Morgan fingerprint density at radius 3 is 2.50 bits per heavy atom. The second kappa shape index (κ2) is 7.51. The SMILES string of the molecule is CCc1ccc([C@@H]2CN3C(=O)CN(CC(C)C)C(=O)[C@]3(C)c3[nH]c4ccccc4c32)cc1. The van der Waals surface area contributed by atoms with Gasteiger partial charge in [0.2, 0.25) is 5.91 Å². The molecule has 1 N–H and O–H groups in total. The number of aromatic amines is 1. The summed E-state index contributed by atoms with van der Waals surface area (Å²) in [6, 6.07) is 16.9. The van der Waals surface area contributed by atoms with Crippen molar-refractivity contribution in [2.24, 2.45) is 5.92 Å². The molecule has 2 amide bonds. The third-order valence-corrected chi connectivity index (χ3v) is 7.19. The van der Waals surface area contributed by atoms with Crippen molar-refractivity contribution < 1.29 is 9.59 Å². The molecule has 2 atom stereocenters. The number of fused-ring (bicyclic) bond motifs is 5. The molecule has 0 aliphatic carbocycles. The van der Waals surface area contributed by atoms with Crippen LogP contribution >= 0.6 is 0 Å². The van der Waals surface area contributed by atoms with Crippen LogP contribution in [-0.4, -0.2) is 46.2 Å². The van der Waals surface area contributed by atoms with E-state index in [1.54, 1.807) is 4.90 Å². The molecule has 166 valence electrons. The number of aryl methyl sites for hydroxylation is 1. The maximum atomic E-state index is 13.8. The Labute approximate surface area is 189 Å². The second-order valence-electron chi connectivity index (χ2n) is 9.76. The van der Waals surface area contributed by atoms with Gasteiger partial charge >= 0.3 is 0 Å². The maximum absolute atomic E-state index is 13.8. The lowest BCUT2D eigenvalue weighted by Gasteiger charge is -2.51. The van der Waals surface area contributed by atoms with Crippen LogP contribution in [0, 0.1) is 5.92 Å². The van der Waals surface area contributed by atoms with E-state index in [1.807, 2.05) is 24.0 Å². The molecule has 0 unspecified atom stereocenters. The summed E-state index contributed by atoms with van der Waals surface area (Å²) in [6.07, 6.45) is 0.992. The molecule has 3 heterocycles. The Morgan fingerprint density at radius 2 is 1.81 bits per heavy atom. The molecule has 0 spiro atoms. The number of piperazine rings is 1. The van der Waals surface area contributed by atoms with Gasteiger partial charge in [-0.3, -0.25) is 9.59 Å². The summed E-state index contributed by atoms with van der Waals surface area (Å²) in [5.74, 6) is 0.358. The van der Waals surface area contributed by atoms with Crippen LogP contribution in [0.25, 0.3) is 10.9 Å². The Kier molecular flexibility index (Phi) is 4.88. The Balaban J connectivity index is 1.71. The van der Waals surface area contributed by atoms with Crippen molar-refractivity contribution in [3.05, 3.63) is 70.9 Å². The Hall–Kier alpha value is -3.08. The van der Waals surface area contributed by atoms with Crippen LogP contribution in [0.4, 0.5) is 0 Å². The van der Waals surface area contributed by atoms with Gasteiger partial charge in [0.25, 0.3) is 5.91 Å². The first kappa shape index (κ1) is 20.8. The predicted molar refractivity (Wildman–Crippen MR) is 126 cm³/mol. The zero-order chi connectivity index (χ0) is 22.6. The number of nitrogens with one attached hydrogen (secondary N) is 1. The summed E-state index contributed by atoms with van der Waals surface area (Å²) in [5.41, 5.74) is 4.48. The van der Waals surface area contributed by atoms with Crippen LogP contribution < -0.4 is 0 Å². The third-order valence-electron chi connectivity index (χ3n) is 7.19. The number of hydrogen-bond donors (Lipinski definition) is 1. The van der Waals surface area contributed by atoms with Gasteiger partial charge in [-0.15, -0.1) is 0 Å². The van der Waals surface area contributed by atoms with E-state index in [-0.39, 0.29) is 24.3 Å². The number of carbonyl (C=O) groups excluding carboxylic acids is 2. The fourth-order valence-electron chi connectivity index (χ4n) is 5.55. The molecule has 1 aromatic heterocycles. The lowest BCUT2D eigenvalue weighted by Crippen LogP contribution is -2.67. The summed E-state index contributed by atoms with van der Waals surface area (Å²) in [6.45, 7) is 9.49. The fourth-order valence-corrected chi connectivity index (χ4v) is 5.55. The minimum atomic E-state index is -1.02. The van der Waals surface area contributed by atoms with Gasteiger partial charge in [-0.05, 0) is 42.0 Å². The van der Waals surface area contributed by atoms with Crippen molar-refractivity contribution >= 4 is 22.7 Å². The molecule has 2 aliphatic heterocycles. The molecule has 32 heavy (non-hydrogen) atoms. The summed E-state index contributed by atoms with van der Waals surface area (Å²) < 4.78 is 0. The maximum Gasteiger partial charge on any atom is 0.254 e. The molecule has 3 aromatic rings. The van der Waals surface area contributed by atoms with E-state index in [1.165, 1.54) is 11.1 Å². The lowest BCUT2D eigenvalue weighted by atomic mass is 9.76. The highest BCUT2D eigenvalue weighted by molar-refractivity contribution is 6.01. The third kappa shape index (κ3) is 2.98. The zero-order valence-electron chi connectivity index (χ0n) is 19.3. The monoisotopic (exact) mass is 429 g/mol. The zero-order valence-corrected chi connectivity index (χ0v) is 19.3. The van der Waals surface area contributed by atoms with Gasteiger partial charge in [0, 0.05) is 29.9 Å². The summed E-state index contributed by atoms with van der Waals surface area (Å²) in [5, 5.41) is 1.13. The largest absolute Gasteiger partial charge is 0.356 e. The predicted octanol–water partition coefficient (Wildman–Crippen LogP) is 4.42. The molecule has 0 saturated carbocycles. The van der Waals surface area contributed by atoms with Crippen LogP contribution in [0.15, 0.2) is 48.5 Å². The first-order valence-corrected chi connectivity index (χ1v) is 11.6. The highest BCUT2D eigenvalue weighted by Crippen LogP contribution is 2.48. The average Bonchev–Trinajstić information content (AvgIpc) is 3.18. The normalized spacial score (nSPS) is 23.1. The van der Waals surface area contributed by atoms with Crippen LogP contribution in [-0.2, 0) is 21.5 Å². The molecule has 0 radical (unpaired) electrons. The lowest BCUT2D eigenvalue weighted by molar-refractivity contribution is -0.166. The van der Waals surface area contributed by atoms with Gasteiger partial charge in [-0.2, -0.15) is 0 Å². The number of H-pyrrole nitrogens is 1. The van der Waals surface area contributed by atoms with Crippen LogP contribution in [0.1, 0.15) is 56.0 Å². The number of carbonyl (C=O) groups is 2. The van der Waals surface area contributed by atoms with Gasteiger partial charge in [-0.1, -0.05) is 63.2 Å². The van der Waals surface area contributed by atoms with Crippen LogP contribution in [0.2, 0.25) is 0 Å². The number of hydrogen-bond acceptors (Lipinski definition) is 2. The number of amides is 2. The number of nitrogens with zero attached hydrogens (tertiary/aromatic N) is 2. The van der Waals surface area contributed by atoms with E-state index in [9.17, 15) is 9.59 Å². The van der Waals surface area contributed by atoms with Gasteiger partial charge in [-0.25, -0.2) is 0 Å². The van der Waals surface area contributed by atoms with E-state index >= 15 is 0 Å². The molecule has 5 rings (SSSR count). The minimum Gasteiger partial charge on any atom is -0.356 e. The molecule has 1 fully saturated rings. The van der Waals surface area contributed by atoms with Gasteiger partial charge < -0.3 is 14.8 Å². The molecule has 1 saturated heterocycles. The van der Waals surface area contributed by atoms with E-state index < -0.39 is 5.54 Å². The summed E-state index contributed by atoms with van der Waals surface area (Å²) >= 11 is 0. The minimum absolute atomic E-state index is 0.0124. The first-order valence-electron chi connectivity index (χ1n) is 11.6. The van der Waals surface area contributed by atoms with Crippen molar-refractivity contribution in [1.29, 1.82) is 0 Å². The van der Waals surface area contributed by atoms with Crippen molar-refractivity contribution in [2.45, 2.75) is 45.6 Å². The van der Waals surface area contributed by atoms with E-state index in [0.29, 0.717) is 19.0 Å². The molecule has 2 aromatic carbocycles. The van der Waals surface area contributed by atoms with Gasteiger partial charge in [0.05, 0.1) is 12.2 Å². The molecular formula is C27H31N3O2. The summed E-state index contributed by atoms with van der Waals surface area (Å²) in [7, 11) is 0. The average molecular weight is 430 g/mol. The van der Waals surface area contributed by atoms with Crippen LogP contribution in [0.5, 0.6) is 0 Å². The molecule has 5 heteroatoms. The first-order chi connectivity index (χ1) is 15.3. The van der Waals surface area contributed by atoms with Crippen molar-refractivity contribution in [1.82, 2.24) is 14.8 Å². The number of para-hydroxylation sites is 1. The number of aromatic nitrogens is 1. The number of benzene rings is 2. The summed E-state index contributed by atoms with van der Waals surface area (Å²) in [4.78, 5) is 34.4. The van der Waals surface area contributed by atoms with E-state index in [0.717, 1.165) is 28.6 Å². The highest BCUT2D eigenvalue weighted by Gasteiger charge is 2.56. The van der Waals surface area contributed by atoms with Crippen molar-refractivity contribution in [2.75, 3.05) is 19.6 Å². The van der Waals surface area contributed by atoms with E-state index in [2.05, 4.69) is 62.2 Å². The topological polar surface area (TPSA) is 56.4 Å². The fraction of sp³-hybridized carbons (Fsp3) is 0.407. The van der Waals surface area contributed by atoms with Crippen molar-refractivity contribution in [3.8, 4) is 0 Å².